The average molecular weight is 176 g/mol. The Kier molecular flexibility index (Phi) is 8.81. The molecule has 0 saturated heterocycles. The van der Waals surface area contributed by atoms with Crippen LogP contribution in [0.25, 0.3) is 0 Å². The number of nitrogens with zero attached hydrogens (tertiary/aromatic N) is 1. The molecule has 0 amide bonds. The molecular formula is C8H20N2O2. The molecule has 0 aliphatic heterocycles. The van der Waals surface area contributed by atoms with Crippen molar-refractivity contribution in [1.29, 1.82) is 0 Å². The van der Waals surface area contributed by atoms with Gasteiger partial charge < -0.3 is 10.4 Å². The molecule has 0 aromatic carbocycles. The van der Waals surface area contributed by atoms with Gasteiger partial charge in [0.1, 0.15) is 0 Å². The van der Waals surface area contributed by atoms with E-state index in [2.05, 4.69) is 6.92 Å². The topological polar surface area (TPSA) is 55.7 Å². The van der Waals surface area contributed by atoms with Crippen LogP contribution in [0.5, 0.6) is 0 Å². The Morgan fingerprint density at radius 1 is 1.17 bits per heavy atom. The molecule has 0 aromatic heterocycles. The van der Waals surface area contributed by atoms with E-state index in [0.717, 1.165) is 6.42 Å². The first kappa shape index (κ1) is 11.8. The summed E-state index contributed by atoms with van der Waals surface area (Å²) in [6.07, 6.45) is 4.63. The third kappa shape index (κ3) is 7.94. The summed E-state index contributed by atoms with van der Waals surface area (Å²) in [4.78, 5) is 0. The van der Waals surface area contributed by atoms with Crippen LogP contribution in [0.1, 0.15) is 32.6 Å². The Morgan fingerprint density at radius 3 is 2.50 bits per heavy atom. The minimum atomic E-state index is 0.407. The summed E-state index contributed by atoms with van der Waals surface area (Å²) in [5.41, 5.74) is 2.00. The van der Waals surface area contributed by atoms with Gasteiger partial charge in [-0.2, -0.15) is 5.06 Å². The van der Waals surface area contributed by atoms with Crippen LogP contribution in [-0.2, 0) is 0 Å². The van der Waals surface area contributed by atoms with Crippen molar-refractivity contribution >= 4 is 0 Å². The summed E-state index contributed by atoms with van der Waals surface area (Å²) in [6, 6.07) is 0. The fraction of sp³-hybridized carbons (Fsp3) is 1.00. The van der Waals surface area contributed by atoms with E-state index in [1.807, 2.05) is 5.48 Å². The molecule has 0 unspecified atom stereocenters. The molecular weight excluding hydrogens is 156 g/mol. The molecule has 4 heteroatoms. The summed E-state index contributed by atoms with van der Waals surface area (Å²) in [7, 11) is 0. The van der Waals surface area contributed by atoms with Gasteiger partial charge in [0.2, 0.25) is 0 Å². The highest BCUT2D eigenvalue weighted by molar-refractivity contribution is 4.47. The van der Waals surface area contributed by atoms with Gasteiger partial charge in [-0.05, 0) is 6.42 Å². The van der Waals surface area contributed by atoms with Gasteiger partial charge >= 0.3 is 0 Å². The van der Waals surface area contributed by atoms with E-state index < -0.39 is 0 Å². The van der Waals surface area contributed by atoms with Crippen LogP contribution in [0.2, 0.25) is 0 Å². The highest BCUT2D eigenvalue weighted by atomic mass is 16.5. The van der Waals surface area contributed by atoms with Gasteiger partial charge in [0, 0.05) is 19.6 Å². The number of hydrogen-bond acceptors (Lipinski definition) is 4. The number of rotatable bonds is 8. The van der Waals surface area contributed by atoms with E-state index in [0.29, 0.717) is 19.6 Å². The molecule has 0 aliphatic rings. The van der Waals surface area contributed by atoms with Crippen molar-refractivity contribution < 1.29 is 10.4 Å². The van der Waals surface area contributed by atoms with E-state index in [1.54, 1.807) is 0 Å². The van der Waals surface area contributed by atoms with Gasteiger partial charge in [0.05, 0.1) is 0 Å². The molecule has 0 fully saturated rings. The maximum Gasteiger partial charge on any atom is 0.0386 e. The normalized spacial score (nSPS) is 11.0. The van der Waals surface area contributed by atoms with E-state index >= 15 is 0 Å². The summed E-state index contributed by atoms with van der Waals surface area (Å²) < 4.78 is 0. The molecule has 0 saturated carbocycles. The van der Waals surface area contributed by atoms with Gasteiger partial charge in [-0.3, -0.25) is 0 Å². The van der Waals surface area contributed by atoms with E-state index in [1.165, 1.54) is 24.3 Å². The molecule has 0 bridgehead atoms. The second-order valence-corrected chi connectivity index (χ2v) is 2.92. The van der Waals surface area contributed by atoms with Gasteiger partial charge in [0.25, 0.3) is 0 Å². The number of nitrogens with one attached hydrogen (secondary N) is 1. The molecule has 4 nitrogen and oxygen atoms in total. The van der Waals surface area contributed by atoms with Crippen molar-refractivity contribution in [3.63, 3.8) is 0 Å². The highest BCUT2D eigenvalue weighted by Crippen LogP contribution is 1.99. The zero-order chi connectivity index (χ0) is 9.23. The summed E-state index contributed by atoms with van der Waals surface area (Å²) in [6.45, 7) is 3.74. The zero-order valence-electron chi connectivity index (χ0n) is 7.79. The lowest BCUT2D eigenvalue weighted by Gasteiger charge is -2.13. The smallest absolute Gasteiger partial charge is 0.0386 e. The molecule has 0 aliphatic carbocycles. The lowest BCUT2D eigenvalue weighted by atomic mass is 10.2. The van der Waals surface area contributed by atoms with E-state index in [4.69, 9.17) is 10.4 Å². The lowest BCUT2D eigenvalue weighted by Crippen LogP contribution is -2.28. The van der Waals surface area contributed by atoms with Crippen molar-refractivity contribution in [2.24, 2.45) is 0 Å². The van der Waals surface area contributed by atoms with Crippen molar-refractivity contribution in [2.75, 3.05) is 19.6 Å². The van der Waals surface area contributed by atoms with Gasteiger partial charge in [-0.15, -0.1) is 0 Å². The number of unbranched alkanes of at least 4 members (excludes halogenated alkanes) is 3. The van der Waals surface area contributed by atoms with Crippen LogP contribution in [-0.4, -0.2) is 35.1 Å². The minimum absolute atomic E-state index is 0.407. The molecule has 0 heterocycles. The second kappa shape index (κ2) is 8.93. The van der Waals surface area contributed by atoms with Crippen LogP contribution < -0.4 is 5.48 Å². The minimum Gasteiger partial charge on any atom is -0.317 e. The van der Waals surface area contributed by atoms with Crippen molar-refractivity contribution in [2.45, 2.75) is 32.6 Å². The third-order valence-corrected chi connectivity index (χ3v) is 1.75. The largest absolute Gasteiger partial charge is 0.317 e. The molecule has 0 rings (SSSR count). The molecule has 3 N–H and O–H groups in total. The predicted octanol–water partition coefficient (Wildman–Crippen LogP) is 1.24. The fourth-order valence-electron chi connectivity index (χ4n) is 1.01. The Hall–Kier alpha value is -0.160. The molecule has 0 spiro atoms. The van der Waals surface area contributed by atoms with Crippen LogP contribution in [0.4, 0.5) is 0 Å². The monoisotopic (exact) mass is 176 g/mol. The Morgan fingerprint density at radius 2 is 1.92 bits per heavy atom. The SMILES string of the molecule is CCCCCCN(O)CCNO. The summed E-state index contributed by atoms with van der Waals surface area (Å²) in [5, 5.41) is 18.6. The number of hydroxylamine groups is 3. The van der Waals surface area contributed by atoms with Gasteiger partial charge in [-0.25, -0.2) is 5.48 Å². The fourth-order valence-corrected chi connectivity index (χ4v) is 1.01. The quantitative estimate of drug-likeness (QED) is 0.384. The van der Waals surface area contributed by atoms with E-state index in [9.17, 15) is 0 Å². The van der Waals surface area contributed by atoms with Crippen LogP contribution in [0.15, 0.2) is 0 Å². The van der Waals surface area contributed by atoms with Gasteiger partial charge in [0.15, 0.2) is 0 Å². The van der Waals surface area contributed by atoms with Crippen molar-refractivity contribution in [3.05, 3.63) is 0 Å². The standard InChI is InChI=1S/C8H20N2O2/c1-2-3-4-5-7-10(12)8-6-9-11/h9,11-12H,2-8H2,1H3. The average Bonchev–Trinajstić information content (AvgIpc) is 2.09. The van der Waals surface area contributed by atoms with Crippen LogP contribution >= 0.6 is 0 Å². The molecule has 74 valence electrons. The predicted molar refractivity (Wildman–Crippen MR) is 47.3 cm³/mol. The lowest BCUT2D eigenvalue weighted by molar-refractivity contribution is -0.0945. The zero-order valence-corrected chi connectivity index (χ0v) is 7.79. The summed E-state index contributed by atoms with van der Waals surface area (Å²) in [5.74, 6) is 0. The van der Waals surface area contributed by atoms with Crippen molar-refractivity contribution in [3.8, 4) is 0 Å². The Bertz CT molecular complexity index is 91.1. The number of hydrogen-bond donors (Lipinski definition) is 3. The second-order valence-electron chi connectivity index (χ2n) is 2.92. The Balaban J connectivity index is 3.02. The van der Waals surface area contributed by atoms with Gasteiger partial charge in [-0.1, -0.05) is 26.2 Å². The molecule has 12 heavy (non-hydrogen) atoms. The molecule has 0 radical (unpaired) electrons. The Labute approximate surface area is 74.1 Å². The van der Waals surface area contributed by atoms with Crippen LogP contribution in [0.3, 0.4) is 0 Å². The van der Waals surface area contributed by atoms with Crippen LogP contribution in [0, 0.1) is 0 Å². The maximum absolute atomic E-state index is 9.16. The summed E-state index contributed by atoms with van der Waals surface area (Å²) >= 11 is 0. The first-order chi connectivity index (χ1) is 5.81. The van der Waals surface area contributed by atoms with E-state index in [-0.39, 0.29) is 0 Å². The molecule has 0 aromatic rings. The molecule has 0 atom stereocenters. The van der Waals surface area contributed by atoms with Crippen molar-refractivity contribution in [1.82, 2.24) is 10.5 Å². The maximum atomic E-state index is 9.16. The third-order valence-electron chi connectivity index (χ3n) is 1.75. The first-order valence-electron chi connectivity index (χ1n) is 4.62. The first-order valence-corrected chi connectivity index (χ1v) is 4.62. The highest BCUT2D eigenvalue weighted by Gasteiger charge is 1.97.